The van der Waals surface area contributed by atoms with Gasteiger partial charge in [-0.05, 0) is 62.4 Å². The normalized spacial score (nSPS) is 21.7. The fraction of sp³-hybridized carbons (Fsp3) is 0.667. The van der Waals surface area contributed by atoms with Gasteiger partial charge in [0.2, 0.25) is 0 Å². The van der Waals surface area contributed by atoms with Crippen LogP contribution in [-0.4, -0.2) is 63.9 Å². The molecule has 0 bridgehead atoms. The Morgan fingerprint density at radius 2 is 1.75 bits per heavy atom. The van der Waals surface area contributed by atoms with E-state index in [0.29, 0.717) is 0 Å². The first-order valence-corrected chi connectivity index (χ1v) is 11.5. The maximum absolute atomic E-state index is 5.56. The lowest BCUT2D eigenvalue weighted by molar-refractivity contribution is 0.122. The molecule has 4 nitrogen and oxygen atoms in total. The van der Waals surface area contributed by atoms with Crippen LogP contribution in [0.25, 0.3) is 5.57 Å². The number of piperazine rings is 1. The van der Waals surface area contributed by atoms with Crippen LogP contribution < -0.4 is 9.80 Å². The van der Waals surface area contributed by atoms with Gasteiger partial charge in [0.1, 0.15) is 0 Å². The van der Waals surface area contributed by atoms with Gasteiger partial charge < -0.3 is 14.5 Å². The van der Waals surface area contributed by atoms with Crippen LogP contribution in [0.5, 0.6) is 0 Å². The number of rotatable bonds is 6. The van der Waals surface area contributed by atoms with Crippen molar-refractivity contribution in [1.82, 2.24) is 4.90 Å². The number of nitrogens with zero attached hydrogens (tertiary/aromatic N) is 3. The van der Waals surface area contributed by atoms with Gasteiger partial charge in [-0.3, -0.25) is 4.90 Å². The van der Waals surface area contributed by atoms with Crippen molar-refractivity contribution < 1.29 is 4.74 Å². The van der Waals surface area contributed by atoms with Crippen molar-refractivity contribution in [2.45, 2.75) is 45.4 Å². The molecule has 4 heteroatoms. The maximum atomic E-state index is 5.56. The lowest BCUT2D eigenvalue weighted by atomic mass is 9.91. The topological polar surface area (TPSA) is 19.0 Å². The van der Waals surface area contributed by atoms with E-state index in [4.69, 9.17) is 4.74 Å². The summed E-state index contributed by atoms with van der Waals surface area (Å²) in [6.45, 7) is 12.0. The molecule has 28 heavy (non-hydrogen) atoms. The zero-order valence-corrected chi connectivity index (χ0v) is 17.7. The van der Waals surface area contributed by atoms with Crippen LogP contribution in [0.15, 0.2) is 24.3 Å². The van der Waals surface area contributed by atoms with E-state index in [1.165, 1.54) is 75.1 Å². The van der Waals surface area contributed by atoms with E-state index in [0.717, 1.165) is 39.4 Å². The molecule has 2 heterocycles. The summed E-state index contributed by atoms with van der Waals surface area (Å²) in [5.74, 6) is 0. The second kappa shape index (κ2) is 9.80. The Morgan fingerprint density at radius 1 is 0.929 bits per heavy atom. The van der Waals surface area contributed by atoms with Gasteiger partial charge in [-0.2, -0.15) is 0 Å². The molecule has 0 amide bonds. The number of anilines is 2. The molecule has 4 rings (SSSR count). The van der Waals surface area contributed by atoms with Gasteiger partial charge in [-0.1, -0.05) is 19.4 Å². The van der Waals surface area contributed by atoms with Crippen molar-refractivity contribution in [2.75, 3.05) is 68.8 Å². The SMILES string of the molecule is CCCCN1CCN(c2ccc(N3CCOCC3)cc2C2=CCCCC2)CC1. The Bertz CT molecular complexity index is 658. The summed E-state index contributed by atoms with van der Waals surface area (Å²) >= 11 is 0. The minimum Gasteiger partial charge on any atom is -0.378 e. The van der Waals surface area contributed by atoms with Crippen LogP contribution in [-0.2, 0) is 4.74 Å². The van der Waals surface area contributed by atoms with Crippen LogP contribution in [0.2, 0.25) is 0 Å². The highest BCUT2D eigenvalue weighted by molar-refractivity contribution is 5.80. The first kappa shape index (κ1) is 19.8. The molecule has 3 aliphatic rings. The summed E-state index contributed by atoms with van der Waals surface area (Å²) in [7, 11) is 0. The number of ether oxygens (including phenoxy) is 1. The van der Waals surface area contributed by atoms with E-state index in [-0.39, 0.29) is 0 Å². The summed E-state index contributed by atoms with van der Waals surface area (Å²) in [6.07, 6.45) is 10.3. The quantitative estimate of drug-likeness (QED) is 0.724. The third-order valence-corrected chi connectivity index (χ3v) is 6.53. The molecule has 0 unspecified atom stereocenters. The Balaban J connectivity index is 1.55. The monoisotopic (exact) mass is 383 g/mol. The van der Waals surface area contributed by atoms with Crippen molar-refractivity contribution in [1.29, 1.82) is 0 Å². The molecule has 0 atom stereocenters. The van der Waals surface area contributed by atoms with Crippen LogP contribution in [0.4, 0.5) is 11.4 Å². The summed E-state index contributed by atoms with van der Waals surface area (Å²) in [5.41, 5.74) is 5.89. The zero-order chi connectivity index (χ0) is 19.2. The van der Waals surface area contributed by atoms with E-state index < -0.39 is 0 Å². The zero-order valence-electron chi connectivity index (χ0n) is 17.7. The molecule has 2 saturated heterocycles. The highest BCUT2D eigenvalue weighted by Gasteiger charge is 2.22. The lowest BCUT2D eigenvalue weighted by Crippen LogP contribution is -2.47. The number of morpholine rings is 1. The first-order valence-electron chi connectivity index (χ1n) is 11.5. The molecule has 0 saturated carbocycles. The van der Waals surface area contributed by atoms with Crippen molar-refractivity contribution in [2.24, 2.45) is 0 Å². The lowest BCUT2D eigenvalue weighted by Gasteiger charge is -2.38. The number of hydrogen-bond donors (Lipinski definition) is 0. The molecule has 0 spiro atoms. The fourth-order valence-electron chi connectivity index (χ4n) is 4.75. The van der Waals surface area contributed by atoms with Gasteiger partial charge in [0.15, 0.2) is 0 Å². The van der Waals surface area contributed by atoms with Crippen molar-refractivity contribution in [3.05, 3.63) is 29.8 Å². The molecular weight excluding hydrogens is 346 g/mol. The Labute approximate surface area is 171 Å². The molecule has 0 N–H and O–H groups in total. The van der Waals surface area contributed by atoms with E-state index in [2.05, 4.69) is 45.9 Å². The molecule has 0 radical (unpaired) electrons. The number of allylic oxidation sites excluding steroid dienone is 2. The molecular formula is C24H37N3O. The predicted octanol–water partition coefficient (Wildman–Crippen LogP) is 4.40. The standard InChI is InChI=1S/C24H37N3O/c1-2-3-11-25-12-14-27(15-13-25)24-10-9-22(26-16-18-28-19-17-26)20-23(24)21-7-5-4-6-8-21/h7,9-10,20H,2-6,8,11-19H2,1H3. The van der Waals surface area contributed by atoms with Crippen molar-refractivity contribution >= 4 is 16.9 Å². The van der Waals surface area contributed by atoms with Gasteiger partial charge in [0.25, 0.3) is 0 Å². The van der Waals surface area contributed by atoms with Gasteiger partial charge in [0.05, 0.1) is 13.2 Å². The van der Waals surface area contributed by atoms with Gasteiger partial charge in [-0.15, -0.1) is 0 Å². The second-order valence-corrected chi connectivity index (χ2v) is 8.46. The van der Waals surface area contributed by atoms with E-state index >= 15 is 0 Å². The summed E-state index contributed by atoms with van der Waals surface area (Å²) in [4.78, 5) is 7.76. The molecule has 1 aromatic rings. The highest BCUT2D eigenvalue weighted by atomic mass is 16.5. The second-order valence-electron chi connectivity index (χ2n) is 8.46. The van der Waals surface area contributed by atoms with E-state index in [1.54, 1.807) is 5.57 Å². The summed E-state index contributed by atoms with van der Waals surface area (Å²) in [6, 6.07) is 7.22. The summed E-state index contributed by atoms with van der Waals surface area (Å²) < 4.78 is 5.56. The van der Waals surface area contributed by atoms with Gasteiger partial charge in [0, 0.05) is 56.2 Å². The van der Waals surface area contributed by atoms with Crippen LogP contribution in [0, 0.1) is 0 Å². The average Bonchev–Trinajstić information content (AvgIpc) is 2.79. The maximum Gasteiger partial charge on any atom is 0.0642 e. The first-order chi connectivity index (χ1) is 13.8. The number of hydrogen-bond acceptors (Lipinski definition) is 4. The molecule has 1 aliphatic carbocycles. The third-order valence-electron chi connectivity index (χ3n) is 6.53. The third kappa shape index (κ3) is 4.72. The van der Waals surface area contributed by atoms with Crippen molar-refractivity contribution in [3.63, 3.8) is 0 Å². The predicted molar refractivity (Wildman–Crippen MR) is 119 cm³/mol. The molecule has 154 valence electrons. The van der Waals surface area contributed by atoms with Crippen LogP contribution in [0.1, 0.15) is 51.0 Å². The Morgan fingerprint density at radius 3 is 2.46 bits per heavy atom. The number of benzene rings is 1. The van der Waals surface area contributed by atoms with Crippen LogP contribution >= 0.6 is 0 Å². The molecule has 0 aromatic heterocycles. The largest absolute Gasteiger partial charge is 0.378 e. The smallest absolute Gasteiger partial charge is 0.0642 e. The van der Waals surface area contributed by atoms with E-state index in [9.17, 15) is 0 Å². The van der Waals surface area contributed by atoms with E-state index in [1.807, 2.05) is 0 Å². The molecule has 2 aliphatic heterocycles. The fourth-order valence-corrected chi connectivity index (χ4v) is 4.75. The highest BCUT2D eigenvalue weighted by Crippen LogP contribution is 2.36. The van der Waals surface area contributed by atoms with Gasteiger partial charge in [-0.25, -0.2) is 0 Å². The van der Waals surface area contributed by atoms with Crippen molar-refractivity contribution in [3.8, 4) is 0 Å². The molecule has 2 fully saturated rings. The summed E-state index contributed by atoms with van der Waals surface area (Å²) in [5, 5.41) is 0. The minimum absolute atomic E-state index is 0.847. The minimum atomic E-state index is 0.847. The van der Waals surface area contributed by atoms with Gasteiger partial charge >= 0.3 is 0 Å². The van der Waals surface area contributed by atoms with Crippen LogP contribution in [0.3, 0.4) is 0 Å². The number of unbranched alkanes of at least 4 members (excludes halogenated alkanes) is 1. The Kier molecular flexibility index (Phi) is 6.92. The molecule has 1 aromatic carbocycles. The average molecular weight is 384 g/mol. The Hall–Kier alpha value is -1.52.